The van der Waals surface area contributed by atoms with Crippen molar-refractivity contribution in [2.24, 2.45) is 0 Å². The summed E-state index contributed by atoms with van der Waals surface area (Å²) in [4.78, 5) is 0. The van der Waals surface area contributed by atoms with Gasteiger partial charge in [-0.05, 0) is 24.6 Å². The normalized spacial score (nSPS) is 8.27. The number of aromatic hydroxyl groups is 1. The maximum Gasteiger partial charge on any atom is 0.138 e. The van der Waals surface area contributed by atoms with Crippen molar-refractivity contribution in [2.45, 2.75) is 20.8 Å². The van der Waals surface area contributed by atoms with Gasteiger partial charge >= 0.3 is 0 Å². The summed E-state index contributed by atoms with van der Waals surface area (Å²) in [6.45, 7) is 5.90. The van der Waals surface area contributed by atoms with Crippen LogP contribution in [-0.4, -0.2) is 5.11 Å². The van der Waals surface area contributed by atoms with E-state index in [2.05, 4.69) is 0 Å². The molecule has 0 amide bonds. The van der Waals surface area contributed by atoms with Crippen LogP contribution < -0.4 is 5.73 Å². The van der Waals surface area contributed by atoms with Crippen LogP contribution >= 0.6 is 0 Å². The van der Waals surface area contributed by atoms with E-state index in [1.165, 1.54) is 0 Å². The summed E-state index contributed by atoms with van der Waals surface area (Å²) in [5, 5.41) is 8.98. The molecule has 0 aliphatic carbocycles. The van der Waals surface area contributed by atoms with Crippen LogP contribution in [0.15, 0.2) is 18.2 Å². The van der Waals surface area contributed by atoms with Crippen molar-refractivity contribution in [3.05, 3.63) is 23.8 Å². The van der Waals surface area contributed by atoms with Gasteiger partial charge in [0.25, 0.3) is 0 Å². The van der Waals surface area contributed by atoms with Gasteiger partial charge in [0.15, 0.2) is 0 Å². The van der Waals surface area contributed by atoms with Crippen LogP contribution in [0.3, 0.4) is 0 Å². The van der Waals surface area contributed by atoms with Gasteiger partial charge in [-0.15, -0.1) is 0 Å². The number of aryl methyl sites for hydroxylation is 1. The van der Waals surface area contributed by atoms with Crippen LogP contribution in [0.5, 0.6) is 5.75 Å². The lowest BCUT2D eigenvalue weighted by atomic mass is 10.2. The van der Waals surface area contributed by atoms with E-state index in [4.69, 9.17) is 10.8 Å². The molecular formula is C9H15NO. The number of phenolic OH excluding ortho intramolecular Hbond substituents is 1. The first-order valence-corrected chi connectivity index (χ1v) is 3.75. The zero-order chi connectivity index (χ0) is 8.85. The fourth-order valence-corrected chi connectivity index (χ4v) is 0.654. The molecule has 0 radical (unpaired) electrons. The first kappa shape index (κ1) is 9.82. The number of hydrogen-bond acceptors (Lipinski definition) is 2. The Bertz CT molecular complexity index is 221. The average molecular weight is 153 g/mol. The van der Waals surface area contributed by atoms with E-state index in [0.29, 0.717) is 5.69 Å². The zero-order valence-electron chi connectivity index (χ0n) is 7.26. The molecule has 0 heterocycles. The summed E-state index contributed by atoms with van der Waals surface area (Å²) in [5.74, 6) is 0.162. The van der Waals surface area contributed by atoms with Gasteiger partial charge in [-0.25, -0.2) is 0 Å². The van der Waals surface area contributed by atoms with Crippen LogP contribution in [0.25, 0.3) is 0 Å². The lowest BCUT2D eigenvalue weighted by Gasteiger charge is -1.97. The molecule has 0 aromatic heterocycles. The van der Waals surface area contributed by atoms with Gasteiger partial charge in [-0.3, -0.25) is 0 Å². The molecule has 0 unspecified atom stereocenters. The van der Waals surface area contributed by atoms with Crippen LogP contribution in [0, 0.1) is 6.92 Å². The van der Waals surface area contributed by atoms with Gasteiger partial charge in [0.05, 0.1) is 5.69 Å². The minimum atomic E-state index is 0.162. The predicted octanol–water partition coefficient (Wildman–Crippen LogP) is 2.31. The molecule has 0 fully saturated rings. The molecule has 0 aliphatic heterocycles. The SMILES string of the molecule is CC.Cc1ccc(N)c(O)c1. The quantitative estimate of drug-likeness (QED) is 0.444. The molecule has 1 aromatic carbocycles. The zero-order valence-corrected chi connectivity index (χ0v) is 7.26. The lowest BCUT2D eigenvalue weighted by molar-refractivity contribution is 0.477. The molecule has 0 aliphatic rings. The predicted molar refractivity (Wildman–Crippen MR) is 48.6 cm³/mol. The Labute approximate surface area is 67.7 Å². The van der Waals surface area contributed by atoms with Crippen LogP contribution in [0.4, 0.5) is 5.69 Å². The molecular weight excluding hydrogens is 138 g/mol. The summed E-state index contributed by atoms with van der Waals surface area (Å²) in [7, 11) is 0. The standard InChI is InChI=1S/C7H9NO.C2H6/c1-5-2-3-6(8)7(9)4-5;1-2/h2-4,9H,8H2,1H3;1-2H3. The number of hydrogen-bond donors (Lipinski definition) is 2. The summed E-state index contributed by atoms with van der Waals surface area (Å²) in [6.07, 6.45) is 0. The van der Waals surface area contributed by atoms with Gasteiger partial charge in [0.2, 0.25) is 0 Å². The van der Waals surface area contributed by atoms with Crippen molar-refractivity contribution >= 4 is 5.69 Å². The molecule has 11 heavy (non-hydrogen) atoms. The van der Waals surface area contributed by atoms with Crippen molar-refractivity contribution < 1.29 is 5.11 Å². The Kier molecular flexibility index (Phi) is 4.11. The summed E-state index contributed by atoms with van der Waals surface area (Å²) in [6, 6.07) is 5.18. The van der Waals surface area contributed by atoms with Crippen molar-refractivity contribution in [2.75, 3.05) is 5.73 Å². The van der Waals surface area contributed by atoms with Gasteiger partial charge in [-0.2, -0.15) is 0 Å². The topological polar surface area (TPSA) is 46.2 Å². The van der Waals surface area contributed by atoms with E-state index in [-0.39, 0.29) is 5.75 Å². The second-order valence-electron chi connectivity index (χ2n) is 2.06. The first-order valence-electron chi connectivity index (χ1n) is 3.75. The number of anilines is 1. The monoisotopic (exact) mass is 153 g/mol. The third kappa shape index (κ3) is 2.94. The van der Waals surface area contributed by atoms with Crippen molar-refractivity contribution in [1.29, 1.82) is 0 Å². The number of rotatable bonds is 0. The lowest BCUT2D eigenvalue weighted by Crippen LogP contribution is -1.84. The Morgan fingerprint density at radius 3 is 2.18 bits per heavy atom. The number of phenols is 1. The Balaban J connectivity index is 0.000000461. The molecule has 2 heteroatoms. The molecule has 1 aromatic rings. The smallest absolute Gasteiger partial charge is 0.138 e. The van der Waals surface area contributed by atoms with E-state index in [1.54, 1.807) is 12.1 Å². The molecule has 0 bridgehead atoms. The Hall–Kier alpha value is -1.18. The van der Waals surface area contributed by atoms with Gasteiger partial charge in [0, 0.05) is 0 Å². The van der Waals surface area contributed by atoms with Gasteiger partial charge in [-0.1, -0.05) is 19.9 Å². The van der Waals surface area contributed by atoms with E-state index in [1.807, 2.05) is 26.8 Å². The Morgan fingerprint density at radius 2 is 1.82 bits per heavy atom. The number of benzene rings is 1. The summed E-state index contributed by atoms with van der Waals surface area (Å²) in [5.41, 5.74) is 6.79. The molecule has 0 spiro atoms. The second-order valence-corrected chi connectivity index (χ2v) is 2.06. The fourth-order valence-electron chi connectivity index (χ4n) is 0.654. The Morgan fingerprint density at radius 1 is 1.27 bits per heavy atom. The maximum atomic E-state index is 8.98. The number of nitrogens with two attached hydrogens (primary N) is 1. The van der Waals surface area contributed by atoms with Crippen LogP contribution in [0.2, 0.25) is 0 Å². The molecule has 2 nitrogen and oxygen atoms in total. The molecule has 0 atom stereocenters. The minimum absolute atomic E-state index is 0.162. The average Bonchev–Trinajstić information content (AvgIpc) is 2.02. The number of nitrogen functional groups attached to an aromatic ring is 1. The van der Waals surface area contributed by atoms with E-state index >= 15 is 0 Å². The molecule has 1 rings (SSSR count). The van der Waals surface area contributed by atoms with Crippen molar-refractivity contribution in [3.8, 4) is 5.75 Å². The highest BCUT2D eigenvalue weighted by atomic mass is 16.3. The van der Waals surface area contributed by atoms with E-state index in [0.717, 1.165) is 5.56 Å². The largest absolute Gasteiger partial charge is 0.506 e. The van der Waals surface area contributed by atoms with E-state index in [9.17, 15) is 0 Å². The maximum absolute atomic E-state index is 8.98. The summed E-state index contributed by atoms with van der Waals surface area (Å²) < 4.78 is 0. The molecule has 62 valence electrons. The summed E-state index contributed by atoms with van der Waals surface area (Å²) >= 11 is 0. The third-order valence-corrected chi connectivity index (χ3v) is 1.19. The van der Waals surface area contributed by atoms with Crippen molar-refractivity contribution in [1.82, 2.24) is 0 Å². The van der Waals surface area contributed by atoms with Crippen molar-refractivity contribution in [3.63, 3.8) is 0 Å². The first-order chi connectivity index (χ1) is 5.20. The van der Waals surface area contributed by atoms with Gasteiger partial charge < -0.3 is 10.8 Å². The minimum Gasteiger partial charge on any atom is -0.506 e. The third-order valence-electron chi connectivity index (χ3n) is 1.19. The highest BCUT2D eigenvalue weighted by Crippen LogP contribution is 2.19. The van der Waals surface area contributed by atoms with Crippen LogP contribution in [-0.2, 0) is 0 Å². The van der Waals surface area contributed by atoms with E-state index < -0.39 is 0 Å². The fraction of sp³-hybridized carbons (Fsp3) is 0.333. The van der Waals surface area contributed by atoms with Gasteiger partial charge in [0.1, 0.15) is 5.75 Å². The second kappa shape index (κ2) is 4.61. The molecule has 0 saturated carbocycles. The molecule has 0 saturated heterocycles. The highest BCUT2D eigenvalue weighted by Gasteiger charge is 1.92. The highest BCUT2D eigenvalue weighted by molar-refractivity contribution is 5.52. The van der Waals surface area contributed by atoms with Crippen LogP contribution in [0.1, 0.15) is 19.4 Å². The molecule has 3 N–H and O–H groups in total.